The smallest absolute Gasteiger partial charge is 0.221 e. The van der Waals surface area contributed by atoms with Crippen LogP contribution in [0.3, 0.4) is 0 Å². The van der Waals surface area contributed by atoms with Gasteiger partial charge in [0.1, 0.15) is 11.9 Å². The first-order valence-electron chi connectivity index (χ1n) is 9.68. The number of halogens is 1. The zero-order valence-corrected chi connectivity index (χ0v) is 17.8. The van der Waals surface area contributed by atoms with Crippen molar-refractivity contribution in [2.75, 3.05) is 25.9 Å². The second kappa shape index (κ2) is 10.7. The van der Waals surface area contributed by atoms with E-state index in [-0.39, 0.29) is 5.91 Å². The lowest BCUT2D eigenvalue weighted by Crippen LogP contribution is -2.35. The minimum Gasteiger partial charge on any atom is -0.490 e. The molecule has 1 aliphatic rings. The summed E-state index contributed by atoms with van der Waals surface area (Å²) in [6.45, 7) is 2.72. The van der Waals surface area contributed by atoms with Crippen molar-refractivity contribution < 1.29 is 9.53 Å². The molecule has 1 N–H and O–H groups in total. The van der Waals surface area contributed by atoms with Gasteiger partial charge < -0.3 is 15.0 Å². The lowest BCUT2D eigenvalue weighted by Gasteiger charge is -2.29. The minimum atomic E-state index is 0.0631. The van der Waals surface area contributed by atoms with Crippen LogP contribution in [0.2, 0.25) is 5.02 Å². The van der Waals surface area contributed by atoms with Gasteiger partial charge in [0.25, 0.3) is 0 Å². The minimum absolute atomic E-state index is 0.0631. The Balaban J connectivity index is 1.34. The van der Waals surface area contributed by atoms with Crippen LogP contribution in [0.4, 0.5) is 0 Å². The molecule has 1 fully saturated rings. The first-order chi connectivity index (χ1) is 13.6. The first-order valence-corrected chi connectivity index (χ1v) is 11.0. The van der Waals surface area contributed by atoms with Gasteiger partial charge in [-0.15, -0.1) is 11.8 Å². The zero-order chi connectivity index (χ0) is 19.8. The Morgan fingerprint density at radius 2 is 1.82 bits per heavy atom. The number of likely N-dealkylation sites (tertiary alicyclic amines) is 1. The predicted molar refractivity (Wildman–Crippen MR) is 116 cm³/mol. The standard InChI is InChI=1S/C22H27ClN2O2S/c1-25-13-10-20(11-14-25)27-19-6-2-17(3-7-19)16-24-22(26)12-15-28-21-8-4-18(23)5-9-21/h2-9,20H,10-16H2,1H3,(H,24,26). The van der Waals surface area contributed by atoms with Crippen LogP contribution < -0.4 is 10.1 Å². The average Bonchev–Trinajstić information content (AvgIpc) is 2.71. The molecule has 150 valence electrons. The summed E-state index contributed by atoms with van der Waals surface area (Å²) < 4.78 is 6.06. The molecule has 0 aromatic heterocycles. The summed E-state index contributed by atoms with van der Waals surface area (Å²) in [6.07, 6.45) is 2.94. The number of nitrogens with zero attached hydrogens (tertiary/aromatic N) is 1. The van der Waals surface area contributed by atoms with Gasteiger partial charge in [-0.2, -0.15) is 0 Å². The van der Waals surface area contributed by atoms with E-state index < -0.39 is 0 Å². The van der Waals surface area contributed by atoms with E-state index in [9.17, 15) is 4.79 Å². The summed E-state index contributed by atoms with van der Waals surface area (Å²) in [5.41, 5.74) is 1.08. The van der Waals surface area contributed by atoms with Crippen molar-refractivity contribution in [3.05, 3.63) is 59.1 Å². The van der Waals surface area contributed by atoms with Crippen LogP contribution in [0.1, 0.15) is 24.8 Å². The molecule has 1 heterocycles. The van der Waals surface area contributed by atoms with Crippen molar-refractivity contribution >= 4 is 29.3 Å². The Morgan fingerprint density at radius 1 is 1.14 bits per heavy atom. The largest absolute Gasteiger partial charge is 0.490 e. The molecule has 2 aromatic rings. The van der Waals surface area contributed by atoms with Crippen LogP contribution in [0.25, 0.3) is 0 Å². The van der Waals surface area contributed by atoms with Crippen molar-refractivity contribution in [1.82, 2.24) is 10.2 Å². The number of benzene rings is 2. The molecule has 0 spiro atoms. The lowest BCUT2D eigenvalue weighted by molar-refractivity contribution is -0.120. The molecule has 6 heteroatoms. The fourth-order valence-corrected chi connectivity index (χ4v) is 4.04. The summed E-state index contributed by atoms with van der Waals surface area (Å²) in [5.74, 6) is 1.72. The molecule has 0 aliphatic carbocycles. The number of piperidine rings is 1. The van der Waals surface area contributed by atoms with Crippen LogP contribution in [-0.4, -0.2) is 42.8 Å². The molecule has 28 heavy (non-hydrogen) atoms. The number of rotatable bonds is 8. The number of amides is 1. The predicted octanol–water partition coefficient (Wildman–Crippen LogP) is 4.61. The van der Waals surface area contributed by atoms with Crippen LogP contribution in [-0.2, 0) is 11.3 Å². The van der Waals surface area contributed by atoms with Crippen molar-refractivity contribution in [2.45, 2.75) is 36.8 Å². The third-order valence-corrected chi connectivity index (χ3v) is 6.06. The quantitative estimate of drug-likeness (QED) is 0.635. The number of carbonyl (C=O) groups excluding carboxylic acids is 1. The molecule has 0 atom stereocenters. The molecule has 2 aromatic carbocycles. The van der Waals surface area contributed by atoms with Gasteiger partial charge in [-0.25, -0.2) is 0 Å². The van der Waals surface area contributed by atoms with Gasteiger partial charge in [-0.1, -0.05) is 23.7 Å². The highest BCUT2D eigenvalue weighted by Gasteiger charge is 2.17. The highest BCUT2D eigenvalue weighted by molar-refractivity contribution is 7.99. The lowest BCUT2D eigenvalue weighted by atomic mass is 10.1. The topological polar surface area (TPSA) is 41.6 Å². The Morgan fingerprint density at radius 3 is 2.50 bits per heavy atom. The monoisotopic (exact) mass is 418 g/mol. The van der Waals surface area contributed by atoms with E-state index in [1.165, 1.54) is 0 Å². The summed E-state index contributed by atoms with van der Waals surface area (Å²) in [6, 6.07) is 15.7. The number of hydrogen-bond donors (Lipinski definition) is 1. The summed E-state index contributed by atoms with van der Waals surface area (Å²) >= 11 is 7.54. The third-order valence-electron chi connectivity index (χ3n) is 4.79. The van der Waals surface area contributed by atoms with Crippen LogP contribution in [0.5, 0.6) is 5.75 Å². The van der Waals surface area contributed by atoms with Gasteiger partial charge in [-0.3, -0.25) is 4.79 Å². The summed E-state index contributed by atoms with van der Waals surface area (Å²) in [4.78, 5) is 15.5. The van der Waals surface area contributed by atoms with Crippen LogP contribution >= 0.6 is 23.4 Å². The molecule has 0 radical (unpaired) electrons. The normalized spacial score (nSPS) is 15.4. The van der Waals surface area contributed by atoms with Crippen molar-refractivity contribution in [3.8, 4) is 5.75 Å². The number of ether oxygens (including phenoxy) is 1. The highest BCUT2D eigenvalue weighted by Crippen LogP contribution is 2.21. The van der Waals surface area contributed by atoms with E-state index >= 15 is 0 Å². The van der Waals surface area contributed by atoms with E-state index in [1.807, 2.05) is 48.5 Å². The van der Waals surface area contributed by atoms with Gasteiger partial charge in [-0.05, 0) is 61.9 Å². The summed E-state index contributed by atoms with van der Waals surface area (Å²) in [7, 11) is 2.15. The molecule has 3 rings (SSSR count). The fourth-order valence-electron chi connectivity index (χ4n) is 3.06. The molecular weight excluding hydrogens is 392 g/mol. The van der Waals surface area contributed by atoms with E-state index in [1.54, 1.807) is 11.8 Å². The molecular formula is C22H27ClN2O2S. The maximum Gasteiger partial charge on any atom is 0.221 e. The zero-order valence-electron chi connectivity index (χ0n) is 16.2. The number of carbonyl (C=O) groups is 1. The SMILES string of the molecule is CN1CCC(Oc2ccc(CNC(=O)CCSc3ccc(Cl)cc3)cc2)CC1. The summed E-state index contributed by atoms with van der Waals surface area (Å²) in [5, 5.41) is 3.71. The number of thioether (sulfide) groups is 1. The van der Waals surface area contributed by atoms with E-state index in [0.717, 1.165) is 52.9 Å². The highest BCUT2D eigenvalue weighted by atomic mass is 35.5. The van der Waals surface area contributed by atoms with Gasteiger partial charge in [0.15, 0.2) is 0 Å². The number of hydrogen-bond acceptors (Lipinski definition) is 4. The van der Waals surface area contributed by atoms with E-state index in [0.29, 0.717) is 19.1 Å². The molecule has 0 unspecified atom stereocenters. The molecule has 1 aliphatic heterocycles. The number of nitrogens with one attached hydrogen (secondary N) is 1. The third kappa shape index (κ3) is 7.04. The van der Waals surface area contributed by atoms with Crippen molar-refractivity contribution in [3.63, 3.8) is 0 Å². The van der Waals surface area contributed by atoms with Gasteiger partial charge in [0, 0.05) is 41.7 Å². The van der Waals surface area contributed by atoms with Gasteiger partial charge >= 0.3 is 0 Å². The van der Waals surface area contributed by atoms with Crippen LogP contribution in [0.15, 0.2) is 53.4 Å². The molecule has 1 saturated heterocycles. The maximum absolute atomic E-state index is 12.0. The molecule has 4 nitrogen and oxygen atoms in total. The average molecular weight is 419 g/mol. The van der Waals surface area contributed by atoms with Crippen molar-refractivity contribution in [2.24, 2.45) is 0 Å². The Labute approximate surface area is 176 Å². The molecule has 0 bridgehead atoms. The molecule has 1 amide bonds. The second-order valence-corrected chi connectivity index (χ2v) is 8.70. The van der Waals surface area contributed by atoms with Gasteiger partial charge in [0.05, 0.1) is 0 Å². The maximum atomic E-state index is 12.0. The molecule has 0 saturated carbocycles. The second-order valence-electron chi connectivity index (χ2n) is 7.09. The van der Waals surface area contributed by atoms with E-state index in [2.05, 4.69) is 17.3 Å². The fraction of sp³-hybridized carbons (Fsp3) is 0.409. The van der Waals surface area contributed by atoms with Crippen molar-refractivity contribution in [1.29, 1.82) is 0 Å². The van der Waals surface area contributed by atoms with Crippen LogP contribution in [0, 0.1) is 0 Å². The van der Waals surface area contributed by atoms with Gasteiger partial charge in [0.2, 0.25) is 5.91 Å². The first kappa shape index (κ1) is 21.0. The Bertz CT molecular complexity index is 744. The Kier molecular flexibility index (Phi) is 8.07. The van der Waals surface area contributed by atoms with E-state index in [4.69, 9.17) is 16.3 Å². The Hall–Kier alpha value is -1.69.